The lowest BCUT2D eigenvalue weighted by atomic mass is 10.2. The summed E-state index contributed by atoms with van der Waals surface area (Å²) in [5, 5.41) is 1.26. The van der Waals surface area contributed by atoms with Crippen molar-refractivity contribution in [2.75, 3.05) is 6.54 Å². The highest BCUT2D eigenvalue weighted by atomic mass is 32.2. The number of benzene rings is 2. The summed E-state index contributed by atoms with van der Waals surface area (Å²) in [5.74, 6) is 0.115. The highest BCUT2D eigenvalue weighted by molar-refractivity contribution is 7.92. The maximum absolute atomic E-state index is 13.0. The molecule has 3 rings (SSSR count). The van der Waals surface area contributed by atoms with Gasteiger partial charge in [-0.15, -0.1) is 0 Å². The molecule has 3 nitrogen and oxygen atoms in total. The van der Waals surface area contributed by atoms with Gasteiger partial charge in [-0.25, -0.2) is 12.8 Å². The van der Waals surface area contributed by atoms with Crippen molar-refractivity contribution in [3.8, 4) is 0 Å². The molecule has 2 aromatic carbocycles. The molecule has 1 aliphatic carbocycles. The Morgan fingerprint density at radius 3 is 2.33 bits per heavy atom. The third-order valence-corrected chi connectivity index (χ3v) is 5.50. The molecule has 0 aliphatic heterocycles. The van der Waals surface area contributed by atoms with Crippen LogP contribution in [0, 0.1) is 11.7 Å². The van der Waals surface area contributed by atoms with Crippen molar-refractivity contribution in [1.82, 2.24) is 4.31 Å². The highest BCUT2D eigenvalue weighted by Crippen LogP contribution is 2.31. The van der Waals surface area contributed by atoms with Crippen molar-refractivity contribution in [1.29, 1.82) is 0 Å². The lowest BCUT2D eigenvalue weighted by molar-refractivity contribution is 0.396. The van der Waals surface area contributed by atoms with Gasteiger partial charge in [-0.3, -0.25) is 0 Å². The Morgan fingerprint density at radius 1 is 1.04 bits per heavy atom. The molecule has 24 heavy (non-hydrogen) atoms. The van der Waals surface area contributed by atoms with E-state index in [4.69, 9.17) is 0 Å². The van der Waals surface area contributed by atoms with E-state index < -0.39 is 10.0 Å². The van der Waals surface area contributed by atoms with Crippen LogP contribution in [0.2, 0.25) is 0 Å². The van der Waals surface area contributed by atoms with Gasteiger partial charge in [0.15, 0.2) is 0 Å². The number of sulfonamides is 1. The van der Waals surface area contributed by atoms with Crippen LogP contribution in [0.15, 0.2) is 60.0 Å². The molecule has 1 saturated carbocycles. The fourth-order valence-corrected chi connectivity index (χ4v) is 3.70. The van der Waals surface area contributed by atoms with E-state index in [-0.39, 0.29) is 12.4 Å². The number of halogens is 1. The molecule has 0 saturated heterocycles. The lowest BCUT2D eigenvalue weighted by Gasteiger charge is -2.20. The van der Waals surface area contributed by atoms with Crippen LogP contribution in [0.25, 0.3) is 6.08 Å². The molecule has 2 aromatic rings. The molecule has 0 bridgehead atoms. The van der Waals surface area contributed by atoms with Crippen molar-refractivity contribution >= 4 is 16.1 Å². The van der Waals surface area contributed by atoms with Crippen LogP contribution in [0.1, 0.15) is 24.0 Å². The molecule has 0 heterocycles. The second kappa shape index (κ2) is 7.28. The van der Waals surface area contributed by atoms with E-state index in [1.54, 1.807) is 18.2 Å². The Labute approximate surface area is 142 Å². The summed E-state index contributed by atoms with van der Waals surface area (Å²) in [7, 11) is -3.52. The summed E-state index contributed by atoms with van der Waals surface area (Å²) >= 11 is 0. The average Bonchev–Trinajstić information content (AvgIpc) is 3.39. The zero-order valence-electron chi connectivity index (χ0n) is 13.3. The molecule has 1 aliphatic rings. The molecule has 0 amide bonds. The second-order valence-corrected chi connectivity index (χ2v) is 7.94. The minimum atomic E-state index is -3.52. The van der Waals surface area contributed by atoms with Crippen molar-refractivity contribution < 1.29 is 12.8 Å². The van der Waals surface area contributed by atoms with Crippen LogP contribution >= 0.6 is 0 Å². The Kier molecular flexibility index (Phi) is 5.11. The van der Waals surface area contributed by atoms with Gasteiger partial charge in [0.2, 0.25) is 10.0 Å². The van der Waals surface area contributed by atoms with Gasteiger partial charge in [0.1, 0.15) is 5.82 Å². The van der Waals surface area contributed by atoms with Gasteiger partial charge in [0.05, 0.1) is 0 Å². The standard InChI is InChI=1S/C19H20FNO2S/c20-19-10-8-18(9-11-19)15-21(14-17-6-7-17)24(22,23)13-12-16-4-2-1-3-5-16/h1-5,8-13,17H,6-7,14-15H2. The van der Waals surface area contributed by atoms with Crippen molar-refractivity contribution in [3.05, 3.63) is 76.9 Å². The third-order valence-electron chi connectivity index (χ3n) is 4.02. The molecule has 0 aromatic heterocycles. The van der Waals surface area contributed by atoms with Crippen LogP contribution in [-0.2, 0) is 16.6 Å². The molecular formula is C19H20FNO2S. The maximum atomic E-state index is 13.0. The van der Waals surface area contributed by atoms with Gasteiger partial charge in [-0.1, -0.05) is 42.5 Å². The zero-order chi connectivity index (χ0) is 17.0. The van der Waals surface area contributed by atoms with E-state index >= 15 is 0 Å². The number of rotatable bonds is 7. The normalized spacial score (nSPS) is 15.2. The van der Waals surface area contributed by atoms with E-state index in [0.717, 1.165) is 24.0 Å². The Balaban J connectivity index is 1.78. The number of nitrogens with zero attached hydrogens (tertiary/aromatic N) is 1. The first kappa shape index (κ1) is 16.9. The predicted octanol–water partition coefficient (Wildman–Crippen LogP) is 4.04. The smallest absolute Gasteiger partial charge is 0.207 e. The Morgan fingerprint density at radius 2 is 1.71 bits per heavy atom. The van der Waals surface area contributed by atoms with E-state index in [9.17, 15) is 12.8 Å². The van der Waals surface area contributed by atoms with Crippen LogP contribution in [-0.4, -0.2) is 19.3 Å². The summed E-state index contributed by atoms with van der Waals surface area (Å²) in [5.41, 5.74) is 1.63. The fraction of sp³-hybridized carbons (Fsp3) is 0.263. The summed E-state index contributed by atoms with van der Waals surface area (Å²) in [6, 6.07) is 15.3. The van der Waals surface area contributed by atoms with Crippen LogP contribution in [0.5, 0.6) is 0 Å². The van der Waals surface area contributed by atoms with Gasteiger partial charge in [-0.05, 0) is 48.1 Å². The van der Waals surface area contributed by atoms with Crippen LogP contribution in [0.4, 0.5) is 4.39 Å². The highest BCUT2D eigenvalue weighted by Gasteiger charge is 2.29. The second-order valence-electron chi connectivity index (χ2n) is 6.12. The average molecular weight is 345 g/mol. The molecule has 0 N–H and O–H groups in total. The molecule has 0 radical (unpaired) electrons. The largest absolute Gasteiger partial charge is 0.236 e. The van der Waals surface area contributed by atoms with Crippen molar-refractivity contribution in [3.63, 3.8) is 0 Å². The molecule has 0 spiro atoms. The SMILES string of the molecule is O=S(=O)(C=Cc1ccccc1)N(Cc1ccc(F)cc1)CC1CC1. The Bertz CT molecular complexity index is 797. The molecule has 0 unspecified atom stereocenters. The van der Waals surface area contributed by atoms with Gasteiger partial charge in [-0.2, -0.15) is 4.31 Å². The predicted molar refractivity (Wildman–Crippen MR) is 93.9 cm³/mol. The van der Waals surface area contributed by atoms with E-state index in [2.05, 4.69) is 0 Å². The van der Waals surface area contributed by atoms with Gasteiger partial charge < -0.3 is 0 Å². The van der Waals surface area contributed by atoms with Crippen molar-refractivity contribution in [2.45, 2.75) is 19.4 Å². The van der Waals surface area contributed by atoms with Crippen molar-refractivity contribution in [2.24, 2.45) is 5.92 Å². The van der Waals surface area contributed by atoms with Crippen LogP contribution < -0.4 is 0 Å². The summed E-state index contributed by atoms with van der Waals surface area (Å²) in [6.07, 6.45) is 3.75. The lowest BCUT2D eigenvalue weighted by Crippen LogP contribution is -2.31. The quantitative estimate of drug-likeness (QED) is 0.759. The fourth-order valence-electron chi connectivity index (χ4n) is 2.46. The first-order chi connectivity index (χ1) is 11.5. The minimum absolute atomic E-state index is 0.262. The van der Waals surface area contributed by atoms with Crippen LogP contribution in [0.3, 0.4) is 0 Å². The first-order valence-electron chi connectivity index (χ1n) is 8.01. The molecule has 126 valence electrons. The first-order valence-corrected chi connectivity index (χ1v) is 9.51. The van der Waals surface area contributed by atoms with E-state index in [1.807, 2.05) is 30.3 Å². The summed E-state index contributed by atoms with van der Waals surface area (Å²) in [6.45, 7) is 0.775. The third kappa shape index (κ3) is 4.76. The molecule has 1 fully saturated rings. The maximum Gasteiger partial charge on any atom is 0.236 e. The number of hydrogen-bond acceptors (Lipinski definition) is 2. The van der Waals surface area contributed by atoms with Gasteiger partial charge in [0.25, 0.3) is 0 Å². The molecule has 5 heteroatoms. The molecule has 0 atom stereocenters. The minimum Gasteiger partial charge on any atom is -0.207 e. The van der Waals surface area contributed by atoms with E-state index in [0.29, 0.717) is 12.5 Å². The topological polar surface area (TPSA) is 37.4 Å². The number of hydrogen-bond donors (Lipinski definition) is 0. The van der Waals surface area contributed by atoms with Gasteiger partial charge >= 0.3 is 0 Å². The van der Waals surface area contributed by atoms with Gasteiger partial charge in [0, 0.05) is 18.5 Å². The summed E-state index contributed by atoms with van der Waals surface area (Å²) < 4.78 is 39.9. The molecular weight excluding hydrogens is 325 g/mol. The zero-order valence-corrected chi connectivity index (χ0v) is 14.1. The Hall–Kier alpha value is -1.98. The summed E-state index contributed by atoms with van der Waals surface area (Å²) in [4.78, 5) is 0. The van der Waals surface area contributed by atoms with E-state index in [1.165, 1.54) is 21.8 Å². The monoisotopic (exact) mass is 345 g/mol.